The Bertz CT molecular complexity index is 533. The molecule has 0 radical (unpaired) electrons. The van der Waals surface area contributed by atoms with Crippen LogP contribution in [0.1, 0.15) is 51.6 Å². The standard InChI is InChI=1S/C15H22N2O2S/c1-15(2,3)19-14(18)17-10-5-4-8-12(17)11-7-6-9-16-13(11)20/h6-7,9,12H,4-5,8,10H2,1-3H3,(H,16,20)/t12-/m1/s1. The number of amides is 1. The number of carbonyl (C=O) groups is 1. The van der Waals surface area contributed by atoms with Gasteiger partial charge in [-0.3, -0.25) is 0 Å². The van der Waals surface area contributed by atoms with Crippen molar-refractivity contribution >= 4 is 18.3 Å². The van der Waals surface area contributed by atoms with Gasteiger partial charge in [0.25, 0.3) is 0 Å². The van der Waals surface area contributed by atoms with Gasteiger partial charge in [0.2, 0.25) is 0 Å². The van der Waals surface area contributed by atoms with Crippen molar-refractivity contribution in [2.45, 2.75) is 51.7 Å². The smallest absolute Gasteiger partial charge is 0.410 e. The molecule has 1 N–H and O–H groups in total. The average Bonchev–Trinajstić information content (AvgIpc) is 2.37. The van der Waals surface area contributed by atoms with Crippen molar-refractivity contribution in [2.24, 2.45) is 0 Å². The van der Waals surface area contributed by atoms with Crippen molar-refractivity contribution in [1.29, 1.82) is 0 Å². The first kappa shape index (κ1) is 15.0. The Labute approximate surface area is 125 Å². The molecule has 2 heterocycles. The van der Waals surface area contributed by atoms with Gasteiger partial charge < -0.3 is 14.6 Å². The molecule has 1 aliphatic rings. The van der Waals surface area contributed by atoms with E-state index >= 15 is 0 Å². The minimum absolute atomic E-state index is 0.0172. The summed E-state index contributed by atoms with van der Waals surface area (Å²) >= 11 is 5.35. The number of hydrogen-bond donors (Lipinski definition) is 1. The minimum Gasteiger partial charge on any atom is -0.444 e. The zero-order valence-electron chi connectivity index (χ0n) is 12.3. The van der Waals surface area contributed by atoms with E-state index < -0.39 is 5.60 Å². The summed E-state index contributed by atoms with van der Waals surface area (Å²) in [6, 6.07) is 3.93. The van der Waals surface area contributed by atoms with Crippen LogP contribution in [0.2, 0.25) is 0 Å². The molecule has 0 saturated carbocycles. The van der Waals surface area contributed by atoms with Crippen LogP contribution in [-0.4, -0.2) is 28.1 Å². The predicted octanol–water partition coefficient (Wildman–Crippen LogP) is 4.21. The van der Waals surface area contributed by atoms with E-state index in [0.717, 1.165) is 31.4 Å². The maximum atomic E-state index is 12.4. The number of nitrogens with one attached hydrogen (secondary N) is 1. The fourth-order valence-electron chi connectivity index (χ4n) is 2.49. The molecule has 0 unspecified atom stereocenters. The average molecular weight is 294 g/mol. The van der Waals surface area contributed by atoms with Crippen molar-refractivity contribution in [2.75, 3.05) is 6.54 Å². The first-order valence-corrected chi connectivity index (χ1v) is 7.46. The lowest BCUT2D eigenvalue weighted by Crippen LogP contribution is -2.42. The lowest BCUT2D eigenvalue weighted by molar-refractivity contribution is 0.00943. The number of carbonyl (C=O) groups excluding carboxylic acids is 1. The predicted molar refractivity (Wildman–Crippen MR) is 81.2 cm³/mol. The Morgan fingerprint density at radius 1 is 1.45 bits per heavy atom. The van der Waals surface area contributed by atoms with Crippen LogP contribution in [0, 0.1) is 4.64 Å². The van der Waals surface area contributed by atoms with Gasteiger partial charge in [0.15, 0.2) is 0 Å². The van der Waals surface area contributed by atoms with Crippen LogP contribution in [0.3, 0.4) is 0 Å². The van der Waals surface area contributed by atoms with Gasteiger partial charge in [-0.2, -0.15) is 0 Å². The second kappa shape index (κ2) is 5.95. The SMILES string of the molecule is CC(C)(C)OC(=O)N1CCCC[C@@H]1c1ccc[nH]c1=S. The first-order chi connectivity index (χ1) is 9.38. The molecule has 1 amide bonds. The van der Waals surface area contributed by atoms with Gasteiger partial charge in [0, 0.05) is 18.3 Å². The van der Waals surface area contributed by atoms with E-state index in [2.05, 4.69) is 4.98 Å². The molecule has 4 nitrogen and oxygen atoms in total. The molecule has 110 valence electrons. The van der Waals surface area contributed by atoms with Crippen LogP contribution in [-0.2, 0) is 4.74 Å². The molecule has 1 aromatic heterocycles. The Hall–Kier alpha value is -1.36. The molecule has 0 spiro atoms. The molecular weight excluding hydrogens is 272 g/mol. The Balaban J connectivity index is 2.24. The molecule has 0 aromatic carbocycles. The van der Waals surface area contributed by atoms with Crippen LogP contribution in [0.25, 0.3) is 0 Å². The number of rotatable bonds is 1. The fourth-order valence-corrected chi connectivity index (χ4v) is 2.76. The number of piperidine rings is 1. The topological polar surface area (TPSA) is 45.3 Å². The number of aromatic amines is 1. The third-order valence-corrected chi connectivity index (χ3v) is 3.69. The summed E-state index contributed by atoms with van der Waals surface area (Å²) in [6.45, 7) is 6.39. The van der Waals surface area contributed by atoms with Gasteiger partial charge in [0.1, 0.15) is 10.2 Å². The number of likely N-dealkylation sites (tertiary alicyclic amines) is 1. The van der Waals surface area contributed by atoms with Gasteiger partial charge in [-0.15, -0.1) is 0 Å². The number of pyridine rings is 1. The zero-order valence-corrected chi connectivity index (χ0v) is 13.1. The van der Waals surface area contributed by atoms with Gasteiger partial charge in [-0.25, -0.2) is 4.79 Å². The zero-order chi connectivity index (χ0) is 14.8. The second-order valence-corrected chi connectivity index (χ2v) is 6.55. The van der Waals surface area contributed by atoms with E-state index in [-0.39, 0.29) is 12.1 Å². The van der Waals surface area contributed by atoms with Crippen LogP contribution in [0.4, 0.5) is 4.79 Å². The summed E-state index contributed by atoms with van der Waals surface area (Å²) in [4.78, 5) is 17.2. The van der Waals surface area contributed by atoms with Crippen molar-refractivity contribution in [3.63, 3.8) is 0 Å². The number of hydrogen-bond acceptors (Lipinski definition) is 3. The number of aromatic nitrogens is 1. The summed E-state index contributed by atoms with van der Waals surface area (Å²) in [6.07, 6.45) is 4.61. The van der Waals surface area contributed by atoms with E-state index in [1.165, 1.54) is 0 Å². The highest BCUT2D eigenvalue weighted by Crippen LogP contribution is 2.32. The minimum atomic E-state index is -0.474. The Morgan fingerprint density at radius 3 is 2.85 bits per heavy atom. The van der Waals surface area contributed by atoms with Gasteiger partial charge in [-0.1, -0.05) is 18.3 Å². The third-order valence-electron chi connectivity index (χ3n) is 3.34. The molecule has 20 heavy (non-hydrogen) atoms. The monoisotopic (exact) mass is 294 g/mol. The van der Waals surface area contributed by atoms with Gasteiger partial charge >= 0.3 is 6.09 Å². The van der Waals surface area contributed by atoms with E-state index in [4.69, 9.17) is 17.0 Å². The molecule has 1 fully saturated rings. The quantitative estimate of drug-likeness (QED) is 0.789. The summed E-state index contributed by atoms with van der Waals surface area (Å²) in [5.74, 6) is 0. The first-order valence-electron chi connectivity index (χ1n) is 7.06. The number of nitrogens with zero attached hydrogens (tertiary/aromatic N) is 1. The lowest BCUT2D eigenvalue weighted by atomic mass is 9.97. The number of H-pyrrole nitrogens is 1. The molecule has 1 aromatic rings. The van der Waals surface area contributed by atoms with Crippen LogP contribution < -0.4 is 0 Å². The van der Waals surface area contributed by atoms with E-state index in [9.17, 15) is 4.79 Å². The van der Waals surface area contributed by atoms with Crippen molar-refractivity contribution in [3.8, 4) is 0 Å². The largest absolute Gasteiger partial charge is 0.444 e. The molecule has 2 rings (SSSR count). The Morgan fingerprint density at radius 2 is 2.20 bits per heavy atom. The summed E-state index contributed by atoms with van der Waals surface area (Å²) in [5, 5.41) is 0. The van der Waals surface area contributed by atoms with E-state index in [1.807, 2.05) is 44.0 Å². The van der Waals surface area contributed by atoms with Crippen molar-refractivity contribution < 1.29 is 9.53 Å². The molecule has 1 atom stereocenters. The lowest BCUT2D eigenvalue weighted by Gasteiger charge is -2.36. The second-order valence-electron chi connectivity index (χ2n) is 6.14. The molecular formula is C15H22N2O2S. The van der Waals surface area contributed by atoms with E-state index in [0.29, 0.717) is 4.64 Å². The third kappa shape index (κ3) is 3.60. The summed E-state index contributed by atoms with van der Waals surface area (Å²) in [7, 11) is 0. The van der Waals surface area contributed by atoms with E-state index in [1.54, 1.807) is 0 Å². The molecule has 1 aliphatic heterocycles. The summed E-state index contributed by atoms with van der Waals surface area (Å²) < 4.78 is 6.21. The van der Waals surface area contributed by atoms with Gasteiger partial charge in [-0.05, 0) is 46.1 Å². The molecule has 5 heteroatoms. The highest BCUT2D eigenvalue weighted by Gasteiger charge is 2.31. The maximum absolute atomic E-state index is 12.4. The highest BCUT2D eigenvalue weighted by molar-refractivity contribution is 7.71. The van der Waals surface area contributed by atoms with Crippen LogP contribution >= 0.6 is 12.2 Å². The van der Waals surface area contributed by atoms with Gasteiger partial charge in [0.05, 0.1) is 6.04 Å². The van der Waals surface area contributed by atoms with Crippen molar-refractivity contribution in [1.82, 2.24) is 9.88 Å². The molecule has 0 aliphatic carbocycles. The van der Waals surface area contributed by atoms with Crippen LogP contribution in [0.15, 0.2) is 18.3 Å². The highest BCUT2D eigenvalue weighted by atomic mass is 32.1. The molecule has 0 bridgehead atoms. The van der Waals surface area contributed by atoms with Crippen LogP contribution in [0.5, 0.6) is 0 Å². The maximum Gasteiger partial charge on any atom is 0.410 e. The summed E-state index contributed by atoms with van der Waals surface area (Å²) in [5.41, 5.74) is 0.534. The Kier molecular flexibility index (Phi) is 4.48. The normalized spacial score (nSPS) is 19.8. The fraction of sp³-hybridized carbons (Fsp3) is 0.600. The number of ether oxygens (including phenoxy) is 1. The van der Waals surface area contributed by atoms with Crippen molar-refractivity contribution in [3.05, 3.63) is 28.5 Å². The molecule has 1 saturated heterocycles.